The fourth-order valence-electron chi connectivity index (χ4n) is 3.47. The van der Waals surface area contributed by atoms with Gasteiger partial charge in [0.25, 0.3) is 0 Å². The van der Waals surface area contributed by atoms with Gasteiger partial charge in [0.1, 0.15) is 12.4 Å². The number of ether oxygens (including phenoxy) is 4. The molecule has 0 radical (unpaired) electrons. The highest BCUT2D eigenvalue weighted by Crippen LogP contribution is 2.39. The second kappa shape index (κ2) is 10.0. The van der Waals surface area contributed by atoms with Crippen LogP contribution in [0.3, 0.4) is 0 Å². The Kier molecular flexibility index (Phi) is 6.72. The number of esters is 1. The number of aryl methyl sites for hydroxylation is 1. The lowest BCUT2D eigenvalue weighted by Crippen LogP contribution is -2.14. The van der Waals surface area contributed by atoms with Gasteiger partial charge in [-0.3, -0.25) is 4.79 Å². The number of fused-ring (bicyclic) bond motifs is 1. The fraction of sp³-hybridized carbons (Fsp3) is 0.269. The maximum Gasteiger partial charge on any atom is 0.313 e. The van der Waals surface area contributed by atoms with Gasteiger partial charge in [0, 0.05) is 6.07 Å². The molecule has 1 aliphatic rings. The van der Waals surface area contributed by atoms with Crippen molar-refractivity contribution in [1.82, 2.24) is 0 Å². The maximum absolute atomic E-state index is 12.4. The number of hydrogen-bond acceptors (Lipinski definition) is 5. The molecule has 0 N–H and O–H groups in total. The quantitative estimate of drug-likeness (QED) is 0.350. The second-order valence-electron chi connectivity index (χ2n) is 7.49. The van der Waals surface area contributed by atoms with Crippen LogP contribution in [0.15, 0.2) is 72.8 Å². The molecule has 1 heterocycles. The van der Waals surface area contributed by atoms with Gasteiger partial charge in [-0.1, -0.05) is 60.7 Å². The van der Waals surface area contributed by atoms with Crippen LogP contribution in [0, 0.1) is 0 Å². The van der Waals surface area contributed by atoms with Crippen molar-refractivity contribution in [1.29, 1.82) is 0 Å². The van der Waals surface area contributed by atoms with Gasteiger partial charge in [0.15, 0.2) is 11.5 Å². The van der Waals surface area contributed by atoms with Crippen molar-refractivity contribution in [2.75, 3.05) is 13.4 Å². The number of carbonyl (C=O) groups is 1. The van der Waals surface area contributed by atoms with E-state index < -0.39 is 0 Å². The minimum atomic E-state index is -0.281. The summed E-state index contributed by atoms with van der Waals surface area (Å²) in [6.07, 6.45) is 1.39. The number of benzene rings is 3. The summed E-state index contributed by atoms with van der Waals surface area (Å²) in [5.74, 6) is 1.68. The Balaban J connectivity index is 1.34. The minimum Gasteiger partial charge on any atom is -0.488 e. The molecular formula is C26H26O5. The van der Waals surface area contributed by atoms with Gasteiger partial charge in [-0.2, -0.15) is 0 Å². The summed E-state index contributed by atoms with van der Waals surface area (Å²) in [5, 5.41) is 0. The zero-order valence-corrected chi connectivity index (χ0v) is 17.6. The van der Waals surface area contributed by atoms with E-state index in [1.165, 1.54) is 0 Å². The Hall–Kier alpha value is -3.47. The van der Waals surface area contributed by atoms with Crippen LogP contribution in [-0.2, 0) is 22.6 Å². The van der Waals surface area contributed by atoms with Crippen molar-refractivity contribution < 1.29 is 23.7 Å². The summed E-state index contributed by atoms with van der Waals surface area (Å²) >= 11 is 0. The molecule has 5 nitrogen and oxygen atoms in total. The standard InChI is InChI=1S/C26H26O5/c1-19(21-11-6-3-7-12-21)26(27)28-14-8-13-22-15-24-25(31-18-30-24)16-23(22)29-17-20-9-4-2-5-10-20/h2-7,9-12,15-16,19H,8,13-14,17-18H2,1H3. The van der Waals surface area contributed by atoms with Gasteiger partial charge in [-0.05, 0) is 42.5 Å². The molecule has 0 spiro atoms. The lowest BCUT2D eigenvalue weighted by Gasteiger charge is -2.14. The molecule has 1 atom stereocenters. The molecule has 0 amide bonds. The average molecular weight is 418 g/mol. The van der Waals surface area contributed by atoms with Crippen molar-refractivity contribution in [3.63, 3.8) is 0 Å². The zero-order valence-electron chi connectivity index (χ0n) is 17.6. The molecule has 0 saturated carbocycles. The lowest BCUT2D eigenvalue weighted by molar-refractivity contribution is -0.145. The highest BCUT2D eigenvalue weighted by molar-refractivity contribution is 5.77. The van der Waals surface area contributed by atoms with Crippen LogP contribution in [0.2, 0.25) is 0 Å². The van der Waals surface area contributed by atoms with E-state index in [0.717, 1.165) is 28.2 Å². The molecule has 0 aliphatic carbocycles. The number of rotatable bonds is 9. The predicted octanol–water partition coefficient (Wildman–Crippen LogP) is 5.27. The van der Waals surface area contributed by atoms with E-state index in [9.17, 15) is 4.79 Å². The third-order valence-corrected chi connectivity index (χ3v) is 5.28. The molecule has 0 aromatic heterocycles. The zero-order chi connectivity index (χ0) is 21.5. The molecular weight excluding hydrogens is 392 g/mol. The Labute approximate surface area is 182 Å². The molecule has 5 heteroatoms. The third kappa shape index (κ3) is 5.37. The Morgan fingerprint density at radius 3 is 2.39 bits per heavy atom. The predicted molar refractivity (Wildman–Crippen MR) is 117 cm³/mol. The van der Waals surface area contributed by atoms with Crippen LogP contribution < -0.4 is 14.2 Å². The highest BCUT2D eigenvalue weighted by atomic mass is 16.7. The van der Waals surface area contributed by atoms with Crippen molar-refractivity contribution in [2.45, 2.75) is 32.3 Å². The van der Waals surface area contributed by atoms with E-state index in [2.05, 4.69) is 0 Å². The molecule has 1 unspecified atom stereocenters. The summed E-state index contributed by atoms with van der Waals surface area (Å²) in [7, 11) is 0. The molecule has 31 heavy (non-hydrogen) atoms. The van der Waals surface area contributed by atoms with Crippen LogP contribution in [0.25, 0.3) is 0 Å². The highest BCUT2D eigenvalue weighted by Gasteiger charge is 2.19. The van der Waals surface area contributed by atoms with Crippen molar-refractivity contribution in [3.05, 3.63) is 89.5 Å². The second-order valence-corrected chi connectivity index (χ2v) is 7.49. The van der Waals surface area contributed by atoms with Gasteiger partial charge in [0.2, 0.25) is 6.79 Å². The fourth-order valence-corrected chi connectivity index (χ4v) is 3.47. The SMILES string of the molecule is CC(C(=O)OCCCc1cc2c(cc1OCc1ccccc1)OCO2)c1ccccc1. The number of carbonyl (C=O) groups excluding carboxylic acids is 1. The van der Waals surface area contributed by atoms with E-state index in [1.807, 2.05) is 79.7 Å². The van der Waals surface area contributed by atoms with Gasteiger partial charge < -0.3 is 18.9 Å². The van der Waals surface area contributed by atoms with Gasteiger partial charge in [-0.25, -0.2) is 0 Å². The Bertz CT molecular complexity index is 1000. The van der Waals surface area contributed by atoms with Gasteiger partial charge in [-0.15, -0.1) is 0 Å². The minimum absolute atomic E-state index is 0.211. The molecule has 0 saturated heterocycles. The topological polar surface area (TPSA) is 54.0 Å². The van der Waals surface area contributed by atoms with E-state index >= 15 is 0 Å². The molecule has 3 aromatic rings. The molecule has 1 aliphatic heterocycles. The number of hydrogen-bond donors (Lipinski definition) is 0. The van der Waals surface area contributed by atoms with Crippen molar-refractivity contribution in [3.8, 4) is 17.2 Å². The average Bonchev–Trinajstić information content (AvgIpc) is 3.28. The summed E-state index contributed by atoms with van der Waals surface area (Å²) in [6, 6.07) is 23.5. The maximum atomic E-state index is 12.4. The van der Waals surface area contributed by atoms with Crippen molar-refractivity contribution in [2.24, 2.45) is 0 Å². The molecule has 160 valence electrons. The van der Waals surface area contributed by atoms with Crippen LogP contribution in [0.5, 0.6) is 17.2 Å². The first-order valence-corrected chi connectivity index (χ1v) is 10.5. The monoisotopic (exact) mass is 418 g/mol. The molecule has 4 rings (SSSR count). The Morgan fingerprint density at radius 2 is 1.65 bits per heavy atom. The van der Waals surface area contributed by atoms with Crippen LogP contribution in [0.1, 0.15) is 36.0 Å². The third-order valence-electron chi connectivity index (χ3n) is 5.28. The summed E-state index contributed by atoms with van der Waals surface area (Å²) in [6.45, 7) is 2.90. The normalized spacial score (nSPS) is 12.9. The van der Waals surface area contributed by atoms with Crippen molar-refractivity contribution >= 4 is 5.97 Å². The summed E-state index contributed by atoms with van der Waals surface area (Å²) in [4.78, 5) is 12.4. The lowest BCUT2D eigenvalue weighted by atomic mass is 10.0. The molecule has 3 aromatic carbocycles. The van der Waals surface area contributed by atoms with Crippen LogP contribution in [-0.4, -0.2) is 19.4 Å². The van der Waals surface area contributed by atoms with Crippen LogP contribution in [0.4, 0.5) is 0 Å². The van der Waals surface area contributed by atoms with Gasteiger partial charge >= 0.3 is 5.97 Å². The molecule has 0 bridgehead atoms. The van der Waals surface area contributed by atoms with E-state index in [0.29, 0.717) is 31.8 Å². The first kappa shape index (κ1) is 20.8. The summed E-state index contributed by atoms with van der Waals surface area (Å²) < 4.78 is 22.6. The van der Waals surface area contributed by atoms with E-state index in [4.69, 9.17) is 18.9 Å². The Morgan fingerprint density at radius 1 is 0.968 bits per heavy atom. The molecule has 0 fully saturated rings. The first-order chi connectivity index (χ1) is 15.2. The first-order valence-electron chi connectivity index (χ1n) is 10.5. The van der Waals surface area contributed by atoms with Gasteiger partial charge in [0.05, 0.1) is 12.5 Å². The van der Waals surface area contributed by atoms with Crippen LogP contribution >= 0.6 is 0 Å². The summed E-state index contributed by atoms with van der Waals surface area (Å²) in [5.41, 5.74) is 3.06. The van der Waals surface area contributed by atoms with E-state index in [1.54, 1.807) is 0 Å². The van der Waals surface area contributed by atoms with E-state index in [-0.39, 0.29) is 18.7 Å². The smallest absolute Gasteiger partial charge is 0.313 e. The largest absolute Gasteiger partial charge is 0.488 e.